The highest BCUT2D eigenvalue weighted by molar-refractivity contribution is 8.01. The molecule has 0 aromatic heterocycles. The van der Waals surface area contributed by atoms with Crippen LogP contribution in [0.5, 0.6) is 0 Å². The summed E-state index contributed by atoms with van der Waals surface area (Å²) in [5.74, 6) is 7.09. The number of anilines is 1. The Balaban J connectivity index is 2.07. The van der Waals surface area contributed by atoms with Gasteiger partial charge in [0.15, 0.2) is 0 Å². The van der Waals surface area contributed by atoms with Crippen LogP contribution in [0.4, 0.5) is 5.69 Å². The number of aliphatic hydroxyl groups is 1. The van der Waals surface area contributed by atoms with E-state index in [1.165, 1.54) is 0 Å². The molecule has 112 valence electrons. The molecule has 3 nitrogen and oxygen atoms in total. The van der Waals surface area contributed by atoms with E-state index in [0.717, 1.165) is 35.4 Å². The molecule has 1 aromatic carbocycles. The first-order valence-corrected chi connectivity index (χ1v) is 8.19. The van der Waals surface area contributed by atoms with Crippen molar-refractivity contribution in [3.63, 3.8) is 0 Å². The molecule has 0 aliphatic carbocycles. The van der Waals surface area contributed by atoms with E-state index in [1.807, 2.05) is 32.0 Å². The van der Waals surface area contributed by atoms with Crippen LogP contribution < -0.4 is 5.32 Å². The molecule has 0 saturated carbocycles. The number of carbonyl (C=O) groups excluding carboxylic acids is 1. The summed E-state index contributed by atoms with van der Waals surface area (Å²) in [6.45, 7) is 4.07. The topological polar surface area (TPSA) is 49.3 Å². The highest BCUT2D eigenvalue weighted by atomic mass is 32.2. The molecule has 1 heterocycles. The van der Waals surface area contributed by atoms with Crippen LogP contribution >= 0.6 is 11.8 Å². The molecule has 0 bridgehead atoms. The van der Waals surface area contributed by atoms with E-state index in [4.69, 9.17) is 5.11 Å². The molecule has 1 aliphatic heterocycles. The number of aryl methyl sites for hydroxylation is 1. The zero-order valence-electron chi connectivity index (χ0n) is 12.5. The van der Waals surface area contributed by atoms with Crippen LogP contribution in [-0.2, 0) is 4.79 Å². The average molecular weight is 303 g/mol. The third-order valence-electron chi connectivity index (χ3n) is 3.64. The number of hydrogen-bond acceptors (Lipinski definition) is 3. The van der Waals surface area contributed by atoms with Gasteiger partial charge in [0.05, 0.1) is 11.4 Å². The second kappa shape index (κ2) is 7.02. The fourth-order valence-corrected chi connectivity index (χ4v) is 3.53. The summed E-state index contributed by atoms with van der Waals surface area (Å²) in [5.41, 5.74) is 2.78. The highest BCUT2D eigenvalue weighted by Crippen LogP contribution is 2.38. The van der Waals surface area contributed by atoms with Gasteiger partial charge in [-0.15, -0.1) is 11.8 Å². The zero-order valence-corrected chi connectivity index (χ0v) is 13.3. The van der Waals surface area contributed by atoms with Crippen molar-refractivity contribution >= 4 is 23.4 Å². The molecule has 21 heavy (non-hydrogen) atoms. The highest BCUT2D eigenvalue weighted by Gasteiger charge is 2.37. The van der Waals surface area contributed by atoms with Crippen LogP contribution in [0.3, 0.4) is 0 Å². The minimum absolute atomic E-state index is 0.0798. The number of thioether (sulfide) groups is 1. The summed E-state index contributed by atoms with van der Waals surface area (Å²) in [6, 6.07) is 5.75. The Morgan fingerprint density at radius 1 is 1.52 bits per heavy atom. The standard InChI is InChI=1S/C17H21NO2S/c1-13-12-15(8-7-14(13)6-3-4-10-19)18-16(20)17(2)9-5-11-21-17/h7-8,12,19H,4-5,9-11H2,1-2H3,(H,18,20). The number of aliphatic hydroxyl groups excluding tert-OH is 1. The summed E-state index contributed by atoms with van der Waals surface area (Å²) in [6.07, 6.45) is 2.52. The molecular weight excluding hydrogens is 282 g/mol. The molecule has 1 fully saturated rings. The third-order valence-corrected chi connectivity index (χ3v) is 5.16. The Morgan fingerprint density at radius 3 is 2.95 bits per heavy atom. The summed E-state index contributed by atoms with van der Waals surface area (Å²) < 4.78 is -0.298. The monoisotopic (exact) mass is 303 g/mol. The summed E-state index contributed by atoms with van der Waals surface area (Å²) in [5, 5.41) is 11.7. The van der Waals surface area contributed by atoms with Crippen molar-refractivity contribution in [2.45, 2.75) is 37.9 Å². The molecule has 1 atom stereocenters. The lowest BCUT2D eigenvalue weighted by molar-refractivity contribution is -0.118. The number of carbonyl (C=O) groups is 1. The average Bonchev–Trinajstić information content (AvgIpc) is 2.90. The SMILES string of the molecule is Cc1cc(NC(=O)C2(C)CCCS2)ccc1C#CCCO. The zero-order chi connectivity index (χ0) is 15.3. The van der Waals surface area contributed by atoms with Crippen molar-refractivity contribution in [3.05, 3.63) is 29.3 Å². The largest absolute Gasteiger partial charge is 0.395 e. The van der Waals surface area contributed by atoms with Crippen LogP contribution in [0.25, 0.3) is 0 Å². The van der Waals surface area contributed by atoms with Gasteiger partial charge in [0.1, 0.15) is 0 Å². The number of hydrogen-bond donors (Lipinski definition) is 2. The quantitative estimate of drug-likeness (QED) is 0.844. The molecule has 2 N–H and O–H groups in total. The maximum atomic E-state index is 12.4. The van der Waals surface area contributed by atoms with Gasteiger partial charge < -0.3 is 10.4 Å². The van der Waals surface area contributed by atoms with Gasteiger partial charge in [-0.25, -0.2) is 0 Å². The van der Waals surface area contributed by atoms with Crippen molar-refractivity contribution in [3.8, 4) is 11.8 Å². The first kappa shape index (κ1) is 15.9. The van der Waals surface area contributed by atoms with Crippen LogP contribution in [0.15, 0.2) is 18.2 Å². The molecule has 1 aromatic rings. The van der Waals surface area contributed by atoms with Gasteiger partial charge in [-0.2, -0.15) is 0 Å². The first-order valence-electron chi connectivity index (χ1n) is 7.21. The summed E-state index contributed by atoms with van der Waals surface area (Å²) in [4.78, 5) is 12.4. The lowest BCUT2D eigenvalue weighted by atomic mass is 10.0. The predicted molar refractivity (Wildman–Crippen MR) is 88.5 cm³/mol. The van der Waals surface area contributed by atoms with Crippen LogP contribution in [-0.4, -0.2) is 28.1 Å². The maximum Gasteiger partial charge on any atom is 0.240 e. The molecule has 4 heteroatoms. The maximum absolute atomic E-state index is 12.4. The van der Waals surface area contributed by atoms with Gasteiger partial charge in [0.25, 0.3) is 0 Å². The van der Waals surface area contributed by atoms with E-state index < -0.39 is 0 Å². The fourth-order valence-electron chi connectivity index (χ4n) is 2.32. The normalized spacial score (nSPS) is 20.7. The van der Waals surface area contributed by atoms with Crippen molar-refractivity contribution in [2.75, 3.05) is 17.7 Å². The molecule has 0 radical (unpaired) electrons. The Kier molecular flexibility index (Phi) is 5.33. The summed E-state index contributed by atoms with van der Waals surface area (Å²) in [7, 11) is 0. The fraction of sp³-hybridized carbons (Fsp3) is 0.471. The van der Waals surface area contributed by atoms with Crippen LogP contribution in [0.2, 0.25) is 0 Å². The van der Waals surface area contributed by atoms with E-state index in [0.29, 0.717) is 6.42 Å². The number of benzene rings is 1. The van der Waals surface area contributed by atoms with Crippen LogP contribution in [0, 0.1) is 18.8 Å². The van der Waals surface area contributed by atoms with E-state index >= 15 is 0 Å². The van der Waals surface area contributed by atoms with Gasteiger partial charge in [0, 0.05) is 17.7 Å². The molecule has 2 rings (SSSR count). The van der Waals surface area contributed by atoms with E-state index in [2.05, 4.69) is 17.2 Å². The molecule has 1 unspecified atom stereocenters. The number of amides is 1. The van der Waals surface area contributed by atoms with Gasteiger partial charge in [0.2, 0.25) is 5.91 Å². The van der Waals surface area contributed by atoms with Crippen LogP contribution in [0.1, 0.15) is 37.3 Å². The van der Waals surface area contributed by atoms with E-state index in [9.17, 15) is 4.79 Å². The Morgan fingerprint density at radius 2 is 2.33 bits per heavy atom. The smallest absolute Gasteiger partial charge is 0.240 e. The Labute approximate surface area is 130 Å². The second-order valence-corrected chi connectivity index (χ2v) is 7.04. The Hall–Kier alpha value is -1.44. The lowest BCUT2D eigenvalue weighted by Crippen LogP contribution is -2.34. The van der Waals surface area contributed by atoms with E-state index in [1.54, 1.807) is 11.8 Å². The minimum atomic E-state index is -0.298. The Bertz CT molecular complexity index is 580. The van der Waals surface area contributed by atoms with Crippen molar-refractivity contribution in [2.24, 2.45) is 0 Å². The van der Waals surface area contributed by atoms with Crippen molar-refractivity contribution in [1.29, 1.82) is 0 Å². The molecule has 1 saturated heterocycles. The summed E-state index contributed by atoms with van der Waals surface area (Å²) >= 11 is 1.73. The van der Waals surface area contributed by atoms with E-state index in [-0.39, 0.29) is 17.3 Å². The van der Waals surface area contributed by atoms with Gasteiger partial charge >= 0.3 is 0 Å². The number of nitrogens with one attached hydrogen (secondary N) is 1. The first-order chi connectivity index (χ1) is 10.0. The molecule has 1 aliphatic rings. The van der Waals surface area contributed by atoms with Gasteiger partial charge in [-0.3, -0.25) is 4.79 Å². The predicted octanol–water partition coefficient (Wildman–Crippen LogP) is 2.95. The second-order valence-electron chi connectivity index (χ2n) is 5.44. The molecular formula is C17H21NO2S. The van der Waals surface area contributed by atoms with Gasteiger partial charge in [-0.05, 0) is 56.2 Å². The molecule has 1 amide bonds. The molecule has 0 spiro atoms. The van der Waals surface area contributed by atoms with Crippen molar-refractivity contribution < 1.29 is 9.90 Å². The lowest BCUT2D eigenvalue weighted by Gasteiger charge is -2.21. The number of rotatable bonds is 3. The third kappa shape index (κ3) is 4.03. The van der Waals surface area contributed by atoms with Gasteiger partial charge in [-0.1, -0.05) is 11.8 Å². The van der Waals surface area contributed by atoms with Crippen molar-refractivity contribution in [1.82, 2.24) is 0 Å². The minimum Gasteiger partial charge on any atom is -0.395 e.